The topological polar surface area (TPSA) is 80.4 Å². The summed E-state index contributed by atoms with van der Waals surface area (Å²) in [6.45, 7) is 3.70. The predicted octanol–water partition coefficient (Wildman–Crippen LogP) is 4.79. The molecule has 0 aliphatic heterocycles. The summed E-state index contributed by atoms with van der Waals surface area (Å²) >= 11 is 6.06. The number of nitrogens with one attached hydrogen (secondary N) is 1. The Morgan fingerprint density at radius 3 is 2.44 bits per heavy atom. The van der Waals surface area contributed by atoms with Crippen LogP contribution < -0.4 is 5.32 Å². The maximum atomic E-state index is 12.8. The van der Waals surface area contributed by atoms with Gasteiger partial charge < -0.3 is 14.6 Å². The van der Waals surface area contributed by atoms with Gasteiger partial charge in [-0.1, -0.05) is 41.9 Å². The SMILES string of the molecule is Cc1cc(C(=O)NCC(=O)N(C)Cc2cn(-c3ccccc3)nc2-c2ccc(Cl)cc2)c(C)o1. The van der Waals surface area contributed by atoms with Gasteiger partial charge in [-0.05, 0) is 44.2 Å². The Morgan fingerprint density at radius 1 is 1.09 bits per heavy atom. The molecule has 0 fully saturated rings. The molecule has 1 N–H and O–H groups in total. The van der Waals surface area contributed by atoms with Crippen molar-refractivity contribution in [2.24, 2.45) is 0 Å². The smallest absolute Gasteiger partial charge is 0.255 e. The molecule has 2 heterocycles. The Balaban J connectivity index is 1.51. The first-order valence-corrected chi connectivity index (χ1v) is 11.2. The lowest BCUT2D eigenvalue weighted by atomic mass is 10.1. The number of hydrogen-bond acceptors (Lipinski definition) is 4. The van der Waals surface area contributed by atoms with Crippen molar-refractivity contribution in [2.45, 2.75) is 20.4 Å². The molecule has 0 unspecified atom stereocenters. The highest BCUT2D eigenvalue weighted by Crippen LogP contribution is 2.26. The van der Waals surface area contributed by atoms with E-state index in [1.54, 1.807) is 36.5 Å². The van der Waals surface area contributed by atoms with E-state index < -0.39 is 0 Å². The van der Waals surface area contributed by atoms with Gasteiger partial charge >= 0.3 is 0 Å². The zero-order valence-electron chi connectivity index (χ0n) is 19.2. The first-order valence-electron chi connectivity index (χ1n) is 10.8. The lowest BCUT2D eigenvalue weighted by Gasteiger charge is -2.17. The van der Waals surface area contributed by atoms with Gasteiger partial charge in [0.2, 0.25) is 5.91 Å². The fraction of sp³-hybridized carbons (Fsp3) is 0.192. The number of benzene rings is 2. The summed E-state index contributed by atoms with van der Waals surface area (Å²) in [5.41, 5.74) is 3.87. The van der Waals surface area contributed by atoms with Gasteiger partial charge in [0.15, 0.2) is 0 Å². The van der Waals surface area contributed by atoms with E-state index in [9.17, 15) is 9.59 Å². The third kappa shape index (κ3) is 5.21. The minimum Gasteiger partial charge on any atom is -0.466 e. The van der Waals surface area contributed by atoms with Gasteiger partial charge in [0.05, 0.1) is 23.5 Å². The second kappa shape index (κ2) is 9.97. The molecule has 0 saturated carbocycles. The molecule has 174 valence electrons. The third-order valence-electron chi connectivity index (χ3n) is 5.45. The van der Waals surface area contributed by atoms with Crippen molar-refractivity contribution in [2.75, 3.05) is 13.6 Å². The van der Waals surface area contributed by atoms with Crippen LogP contribution in [0.4, 0.5) is 0 Å². The fourth-order valence-corrected chi connectivity index (χ4v) is 3.80. The van der Waals surface area contributed by atoms with Crippen LogP contribution in [0.2, 0.25) is 5.02 Å². The summed E-state index contributed by atoms with van der Waals surface area (Å²) in [7, 11) is 1.70. The Hall–Kier alpha value is -3.84. The van der Waals surface area contributed by atoms with Crippen LogP contribution in [0, 0.1) is 13.8 Å². The minimum absolute atomic E-state index is 0.123. The quantitative estimate of drug-likeness (QED) is 0.416. The van der Waals surface area contributed by atoms with Crippen molar-refractivity contribution in [1.29, 1.82) is 0 Å². The number of amides is 2. The predicted molar refractivity (Wildman–Crippen MR) is 131 cm³/mol. The van der Waals surface area contributed by atoms with Crippen LogP contribution in [0.5, 0.6) is 0 Å². The minimum atomic E-state index is -0.338. The number of aryl methyl sites for hydroxylation is 2. The van der Waals surface area contributed by atoms with E-state index in [1.165, 1.54) is 0 Å². The van der Waals surface area contributed by atoms with Crippen LogP contribution in [0.15, 0.2) is 71.3 Å². The molecule has 0 aliphatic carbocycles. The van der Waals surface area contributed by atoms with Crippen LogP contribution in [0.25, 0.3) is 16.9 Å². The fourth-order valence-electron chi connectivity index (χ4n) is 3.68. The maximum absolute atomic E-state index is 12.8. The second-order valence-corrected chi connectivity index (χ2v) is 8.49. The molecule has 4 rings (SSSR count). The summed E-state index contributed by atoms with van der Waals surface area (Å²) in [5.74, 6) is 0.614. The number of furan rings is 1. The van der Waals surface area contributed by atoms with Crippen molar-refractivity contribution >= 4 is 23.4 Å². The first kappa shape index (κ1) is 23.3. The highest BCUT2D eigenvalue weighted by atomic mass is 35.5. The van der Waals surface area contributed by atoms with E-state index in [0.29, 0.717) is 28.7 Å². The van der Waals surface area contributed by atoms with E-state index in [2.05, 4.69) is 5.32 Å². The summed E-state index contributed by atoms with van der Waals surface area (Å²) in [6.07, 6.45) is 1.92. The Bertz CT molecular complexity index is 1310. The van der Waals surface area contributed by atoms with Gasteiger partial charge in [0, 0.05) is 35.9 Å². The molecular formula is C26H25ClN4O3. The number of carbonyl (C=O) groups is 2. The Kier molecular flexibility index (Phi) is 6.84. The first-order chi connectivity index (χ1) is 16.3. The maximum Gasteiger partial charge on any atom is 0.255 e. The zero-order chi connectivity index (χ0) is 24.2. The van der Waals surface area contributed by atoms with Gasteiger partial charge in [0.25, 0.3) is 5.91 Å². The molecule has 8 heteroatoms. The lowest BCUT2D eigenvalue weighted by molar-refractivity contribution is -0.129. The van der Waals surface area contributed by atoms with Crippen molar-refractivity contribution in [3.8, 4) is 16.9 Å². The van der Waals surface area contributed by atoms with Crippen LogP contribution >= 0.6 is 11.6 Å². The molecule has 7 nitrogen and oxygen atoms in total. The van der Waals surface area contributed by atoms with Crippen LogP contribution in [-0.2, 0) is 11.3 Å². The largest absolute Gasteiger partial charge is 0.466 e. The molecule has 2 amide bonds. The molecule has 4 aromatic rings. The Morgan fingerprint density at radius 2 is 1.79 bits per heavy atom. The second-order valence-electron chi connectivity index (χ2n) is 8.05. The highest BCUT2D eigenvalue weighted by Gasteiger charge is 2.19. The molecule has 0 spiro atoms. The zero-order valence-corrected chi connectivity index (χ0v) is 20.0. The van der Waals surface area contributed by atoms with E-state index in [1.807, 2.05) is 60.8 Å². The van der Waals surface area contributed by atoms with Gasteiger partial charge in [-0.2, -0.15) is 5.10 Å². The highest BCUT2D eigenvalue weighted by molar-refractivity contribution is 6.30. The summed E-state index contributed by atoms with van der Waals surface area (Å²) in [5, 5.41) is 8.09. The number of nitrogens with zero attached hydrogens (tertiary/aromatic N) is 3. The molecule has 0 saturated heterocycles. The molecule has 0 radical (unpaired) electrons. The molecule has 2 aromatic heterocycles. The van der Waals surface area contributed by atoms with E-state index in [-0.39, 0.29) is 18.4 Å². The number of aromatic nitrogens is 2. The van der Waals surface area contributed by atoms with Gasteiger partial charge in [-0.25, -0.2) is 4.68 Å². The molecule has 34 heavy (non-hydrogen) atoms. The average molecular weight is 477 g/mol. The standard InChI is InChI=1S/C26H25ClN4O3/c1-17-13-23(18(2)34-17)26(33)28-14-24(32)30(3)15-20-16-31(22-7-5-4-6-8-22)29-25(20)19-9-11-21(27)12-10-19/h4-13,16H,14-15H2,1-3H3,(H,28,33). The summed E-state index contributed by atoms with van der Waals surface area (Å²) in [6, 6.07) is 18.9. The Labute approximate surface area is 202 Å². The van der Waals surface area contributed by atoms with E-state index in [4.69, 9.17) is 21.1 Å². The van der Waals surface area contributed by atoms with Crippen LogP contribution in [0.1, 0.15) is 27.4 Å². The molecule has 0 atom stereocenters. The van der Waals surface area contributed by atoms with Crippen LogP contribution in [-0.4, -0.2) is 40.1 Å². The van der Waals surface area contributed by atoms with Crippen LogP contribution in [0.3, 0.4) is 0 Å². The number of carbonyl (C=O) groups excluding carboxylic acids is 2. The number of hydrogen-bond donors (Lipinski definition) is 1. The number of rotatable bonds is 7. The molecule has 2 aromatic carbocycles. The normalized spacial score (nSPS) is 10.8. The molecule has 0 aliphatic rings. The third-order valence-corrected chi connectivity index (χ3v) is 5.70. The lowest BCUT2D eigenvalue weighted by Crippen LogP contribution is -2.37. The average Bonchev–Trinajstić information content (AvgIpc) is 3.40. The molecule has 0 bridgehead atoms. The van der Waals surface area contributed by atoms with Crippen molar-refractivity contribution in [1.82, 2.24) is 20.0 Å². The molecular weight excluding hydrogens is 452 g/mol. The van der Waals surface area contributed by atoms with Crippen molar-refractivity contribution in [3.63, 3.8) is 0 Å². The summed E-state index contributed by atoms with van der Waals surface area (Å²) in [4.78, 5) is 26.8. The van der Waals surface area contributed by atoms with Crippen molar-refractivity contribution in [3.05, 3.63) is 94.5 Å². The van der Waals surface area contributed by atoms with Gasteiger partial charge in [-0.3, -0.25) is 9.59 Å². The number of para-hydroxylation sites is 1. The monoisotopic (exact) mass is 476 g/mol. The van der Waals surface area contributed by atoms with E-state index >= 15 is 0 Å². The van der Waals surface area contributed by atoms with Gasteiger partial charge in [-0.15, -0.1) is 0 Å². The van der Waals surface area contributed by atoms with Gasteiger partial charge in [0.1, 0.15) is 11.5 Å². The number of halogens is 1. The number of likely N-dealkylation sites (N-methyl/N-ethyl adjacent to an activating group) is 1. The van der Waals surface area contributed by atoms with Crippen molar-refractivity contribution < 1.29 is 14.0 Å². The van der Waals surface area contributed by atoms with E-state index in [0.717, 1.165) is 22.5 Å². The summed E-state index contributed by atoms with van der Waals surface area (Å²) < 4.78 is 7.19.